The zero-order chi connectivity index (χ0) is 17.2. The first-order chi connectivity index (χ1) is 12.2. The van der Waals surface area contributed by atoms with Crippen LogP contribution in [0.5, 0.6) is 11.5 Å². The van der Waals surface area contributed by atoms with Crippen LogP contribution >= 0.6 is 0 Å². The standard InChI is InChI=1S/C20H15FN2O2/c21-16-4-7-17(8-5-16)25-18-6-3-15-13-23(20(24)19(15)10-18)12-14-2-1-9-22-11-14/h1-11H,12-13H2. The molecular weight excluding hydrogens is 319 g/mol. The molecule has 0 atom stereocenters. The average Bonchev–Trinajstić information content (AvgIpc) is 2.94. The number of aromatic nitrogens is 1. The van der Waals surface area contributed by atoms with E-state index in [2.05, 4.69) is 4.98 Å². The summed E-state index contributed by atoms with van der Waals surface area (Å²) in [7, 11) is 0. The van der Waals surface area contributed by atoms with E-state index in [0.29, 0.717) is 30.2 Å². The minimum Gasteiger partial charge on any atom is -0.457 e. The van der Waals surface area contributed by atoms with Crippen molar-refractivity contribution in [2.24, 2.45) is 0 Å². The number of nitrogens with zero attached hydrogens (tertiary/aromatic N) is 2. The fourth-order valence-electron chi connectivity index (χ4n) is 2.88. The third kappa shape index (κ3) is 3.21. The van der Waals surface area contributed by atoms with E-state index in [4.69, 9.17) is 4.74 Å². The molecule has 0 radical (unpaired) electrons. The average molecular weight is 334 g/mol. The summed E-state index contributed by atoms with van der Waals surface area (Å²) >= 11 is 0. The molecule has 1 aromatic heterocycles. The number of hydrogen-bond acceptors (Lipinski definition) is 3. The number of rotatable bonds is 4. The second kappa shape index (κ2) is 6.36. The number of pyridine rings is 1. The Morgan fingerprint density at radius 3 is 2.64 bits per heavy atom. The van der Waals surface area contributed by atoms with Gasteiger partial charge in [0.1, 0.15) is 17.3 Å². The van der Waals surface area contributed by atoms with Gasteiger partial charge in [-0.05, 0) is 53.6 Å². The van der Waals surface area contributed by atoms with Gasteiger partial charge in [0, 0.05) is 31.0 Å². The monoisotopic (exact) mass is 334 g/mol. The Morgan fingerprint density at radius 2 is 1.88 bits per heavy atom. The number of fused-ring (bicyclic) bond motifs is 1. The highest BCUT2D eigenvalue weighted by molar-refractivity contribution is 5.98. The fraction of sp³-hybridized carbons (Fsp3) is 0.100. The van der Waals surface area contributed by atoms with Gasteiger partial charge >= 0.3 is 0 Å². The molecule has 1 aliphatic heterocycles. The van der Waals surface area contributed by atoms with Gasteiger partial charge in [0.2, 0.25) is 0 Å². The summed E-state index contributed by atoms with van der Waals surface area (Å²) in [6, 6.07) is 15.1. The molecule has 4 nitrogen and oxygen atoms in total. The van der Waals surface area contributed by atoms with Crippen molar-refractivity contribution in [2.45, 2.75) is 13.1 Å². The predicted octanol–water partition coefficient (Wildman–Crippen LogP) is 4.17. The molecule has 0 saturated heterocycles. The summed E-state index contributed by atoms with van der Waals surface area (Å²) in [5, 5.41) is 0. The second-order valence-electron chi connectivity index (χ2n) is 5.90. The van der Waals surface area contributed by atoms with Crippen molar-refractivity contribution < 1.29 is 13.9 Å². The number of carbonyl (C=O) groups excluding carboxylic acids is 1. The van der Waals surface area contributed by atoms with E-state index >= 15 is 0 Å². The summed E-state index contributed by atoms with van der Waals surface area (Å²) in [4.78, 5) is 18.5. The molecule has 0 bridgehead atoms. The summed E-state index contributed by atoms with van der Waals surface area (Å²) in [5.41, 5.74) is 2.61. The maximum atomic E-state index is 13.0. The molecule has 2 heterocycles. The number of benzene rings is 2. The first kappa shape index (κ1) is 15.3. The van der Waals surface area contributed by atoms with Gasteiger partial charge < -0.3 is 9.64 Å². The normalized spacial score (nSPS) is 13.0. The van der Waals surface area contributed by atoms with E-state index in [-0.39, 0.29) is 11.7 Å². The maximum absolute atomic E-state index is 13.0. The van der Waals surface area contributed by atoms with Crippen LogP contribution in [0.2, 0.25) is 0 Å². The van der Waals surface area contributed by atoms with E-state index in [9.17, 15) is 9.18 Å². The zero-order valence-corrected chi connectivity index (χ0v) is 13.4. The lowest BCUT2D eigenvalue weighted by molar-refractivity contribution is 0.0766. The SMILES string of the molecule is O=C1c2cc(Oc3ccc(F)cc3)ccc2CN1Cc1cccnc1. The Hall–Kier alpha value is -3.21. The fourth-order valence-corrected chi connectivity index (χ4v) is 2.88. The van der Waals surface area contributed by atoms with Crippen LogP contribution in [0.25, 0.3) is 0 Å². The number of ether oxygens (including phenoxy) is 1. The van der Waals surface area contributed by atoms with Crippen LogP contribution in [-0.2, 0) is 13.1 Å². The first-order valence-corrected chi connectivity index (χ1v) is 7.93. The summed E-state index contributed by atoms with van der Waals surface area (Å²) in [6.45, 7) is 1.09. The van der Waals surface area contributed by atoms with Crippen LogP contribution in [0, 0.1) is 5.82 Å². The van der Waals surface area contributed by atoms with Crippen molar-refractivity contribution in [1.29, 1.82) is 0 Å². The topological polar surface area (TPSA) is 42.4 Å². The van der Waals surface area contributed by atoms with Crippen molar-refractivity contribution in [1.82, 2.24) is 9.88 Å². The van der Waals surface area contributed by atoms with Gasteiger partial charge in [0.25, 0.3) is 5.91 Å². The first-order valence-electron chi connectivity index (χ1n) is 7.93. The Balaban J connectivity index is 1.52. The molecule has 1 amide bonds. The number of halogens is 1. The van der Waals surface area contributed by atoms with Crippen LogP contribution in [0.15, 0.2) is 67.0 Å². The minimum absolute atomic E-state index is 0.0246. The molecular formula is C20H15FN2O2. The highest BCUT2D eigenvalue weighted by Crippen LogP contribution is 2.30. The van der Waals surface area contributed by atoms with E-state index < -0.39 is 0 Å². The molecule has 0 saturated carbocycles. The molecule has 4 rings (SSSR count). The van der Waals surface area contributed by atoms with Gasteiger partial charge in [-0.25, -0.2) is 4.39 Å². The predicted molar refractivity (Wildman–Crippen MR) is 90.7 cm³/mol. The molecule has 3 aromatic rings. The third-order valence-corrected chi connectivity index (χ3v) is 4.11. The van der Waals surface area contributed by atoms with Crippen molar-refractivity contribution in [3.05, 3.63) is 89.5 Å². The van der Waals surface area contributed by atoms with Gasteiger partial charge in [-0.1, -0.05) is 12.1 Å². The molecule has 0 fully saturated rings. The molecule has 1 aliphatic rings. The van der Waals surface area contributed by atoms with Gasteiger partial charge in [-0.15, -0.1) is 0 Å². The van der Waals surface area contributed by atoms with Gasteiger partial charge in [-0.2, -0.15) is 0 Å². The largest absolute Gasteiger partial charge is 0.457 e. The Kier molecular flexibility index (Phi) is 3.90. The van der Waals surface area contributed by atoms with E-state index in [1.165, 1.54) is 12.1 Å². The molecule has 0 aliphatic carbocycles. The number of hydrogen-bond donors (Lipinski definition) is 0. The Labute approximate surface area is 144 Å². The molecule has 0 N–H and O–H groups in total. The molecule has 5 heteroatoms. The number of amides is 1. The lowest BCUT2D eigenvalue weighted by Gasteiger charge is -2.15. The maximum Gasteiger partial charge on any atom is 0.254 e. The molecule has 2 aromatic carbocycles. The van der Waals surface area contributed by atoms with Crippen LogP contribution in [0.4, 0.5) is 4.39 Å². The number of carbonyl (C=O) groups is 1. The second-order valence-corrected chi connectivity index (χ2v) is 5.90. The van der Waals surface area contributed by atoms with E-state index in [0.717, 1.165) is 11.1 Å². The lowest BCUT2D eigenvalue weighted by atomic mass is 10.1. The smallest absolute Gasteiger partial charge is 0.254 e. The Morgan fingerprint density at radius 1 is 1.08 bits per heavy atom. The van der Waals surface area contributed by atoms with Crippen LogP contribution < -0.4 is 4.74 Å². The van der Waals surface area contributed by atoms with Crippen molar-refractivity contribution in [2.75, 3.05) is 0 Å². The minimum atomic E-state index is -0.317. The summed E-state index contributed by atoms with van der Waals surface area (Å²) < 4.78 is 18.7. The summed E-state index contributed by atoms with van der Waals surface area (Å²) in [5.74, 6) is 0.742. The summed E-state index contributed by atoms with van der Waals surface area (Å²) in [6.07, 6.45) is 3.47. The van der Waals surface area contributed by atoms with Crippen molar-refractivity contribution in [3.63, 3.8) is 0 Å². The quantitative estimate of drug-likeness (QED) is 0.719. The third-order valence-electron chi connectivity index (χ3n) is 4.11. The lowest BCUT2D eigenvalue weighted by Crippen LogP contribution is -2.23. The highest BCUT2D eigenvalue weighted by atomic mass is 19.1. The van der Waals surface area contributed by atoms with Crippen molar-refractivity contribution >= 4 is 5.91 Å². The zero-order valence-electron chi connectivity index (χ0n) is 13.4. The molecule has 25 heavy (non-hydrogen) atoms. The van der Waals surface area contributed by atoms with E-state index in [1.807, 2.05) is 24.3 Å². The van der Waals surface area contributed by atoms with Crippen LogP contribution in [0.3, 0.4) is 0 Å². The van der Waals surface area contributed by atoms with Crippen molar-refractivity contribution in [3.8, 4) is 11.5 Å². The molecule has 0 spiro atoms. The van der Waals surface area contributed by atoms with Gasteiger partial charge in [-0.3, -0.25) is 9.78 Å². The van der Waals surface area contributed by atoms with Gasteiger partial charge in [0.05, 0.1) is 0 Å². The Bertz CT molecular complexity index is 911. The molecule has 124 valence electrons. The molecule has 0 unspecified atom stereocenters. The van der Waals surface area contributed by atoms with E-state index in [1.54, 1.807) is 35.5 Å². The highest BCUT2D eigenvalue weighted by Gasteiger charge is 2.27. The van der Waals surface area contributed by atoms with Gasteiger partial charge in [0.15, 0.2) is 0 Å². The van der Waals surface area contributed by atoms with Crippen LogP contribution in [0.1, 0.15) is 21.5 Å². The van der Waals surface area contributed by atoms with Crippen LogP contribution in [-0.4, -0.2) is 15.8 Å².